The summed E-state index contributed by atoms with van der Waals surface area (Å²) in [5.74, 6) is -15.0. The summed E-state index contributed by atoms with van der Waals surface area (Å²) < 4.78 is 161. The van der Waals surface area contributed by atoms with Crippen LogP contribution in [0.1, 0.15) is 5.56 Å². The molecule has 0 spiro atoms. The number of halogens is 9. The molecule has 156 valence electrons. The van der Waals surface area contributed by atoms with Crippen LogP contribution in [0.3, 0.4) is 0 Å². The monoisotopic (exact) mass is 453 g/mol. The second kappa shape index (κ2) is 6.51. The third kappa shape index (κ3) is 3.87. The average molecular weight is 453 g/mol. The Bertz CT molecular complexity index is 906. The van der Waals surface area contributed by atoms with Gasteiger partial charge in [-0.1, -0.05) is 21.8 Å². The molecule has 1 aromatic carbocycles. The van der Waals surface area contributed by atoms with E-state index in [-0.39, 0.29) is 4.13 Å². The van der Waals surface area contributed by atoms with Crippen LogP contribution in [0.5, 0.6) is 0 Å². The Morgan fingerprint density at radius 1 is 0.741 bits per heavy atom. The van der Waals surface area contributed by atoms with E-state index < -0.39 is 48.2 Å². The zero-order valence-electron chi connectivity index (χ0n) is 12.7. The minimum atomic E-state index is -7.53. The minimum Gasteiger partial charge on any atom is -0.206 e. The van der Waals surface area contributed by atoms with Crippen molar-refractivity contribution in [2.24, 2.45) is 0 Å². The van der Waals surface area contributed by atoms with Crippen LogP contribution in [-0.4, -0.2) is 40.1 Å². The number of sulfonamides is 2. The summed E-state index contributed by atoms with van der Waals surface area (Å²) in [5.41, 5.74) is 0.401. The molecular formula is C11H8F9NO4S2. The predicted octanol–water partition coefficient (Wildman–Crippen LogP) is 3.03. The first kappa shape index (κ1) is 23.5. The van der Waals surface area contributed by atoms with Gasteiger partial charge in [-0.3, -0.25) is 0 Å². The number of rotatable bonds is 6. The Morgan fingerprint density at radius 3 is 1.52 bits per heavy atom. The molecule has 5 nitrogen and oxygen atoms in total. The molecule has 1 N–H and O–H groups in total. The number of hydrogen-bond acceptors (Lipinski definition) is 4. The first-order valence-corrected chi connectivity index (χ1v) is 9.22. The molecule has 0 aromatic heterocycles. The maximum atomic E-state index is 13.5. The van der Waals surface area contributed by atoms with Crippen LogP contribution >= 0.6 is 0 Å². The van der Waals surface area contributed by atoms with E-state index >= 15 is 0 Å². The van der Waals surface area contributed by atoms with Crippen LogP contribution in [0, 0.1) is 6.92 Å². The number of aryl methyl sites for hydroxylation is 1. The predicted molar refractivity (Wildman–Crippen MR) is 71.3 cm³/mol. The van der Waals surface area contributed by atoms with Gasteiger partial charge in [0, 0.05) is 0 Å². The Labute approximate surface area is 146 Å². The largest absolute Gasteiger partial charge is 0.460 e. The Kier molecular flexibility index (Phi) is 5.66. The van der Waals surface area contributed by atoms with Crippen LogP contribution in [0.15, 0.2) is 29.2 Å². The second-order valence-electron chi connectivity index (χ2n) is 5.07. The van der Waals surface area contributed by atoms with Crippen molar-refractivity contribution in [3.05, 3.63) is 29.8 Å². The third-order valence-electron chi connectivity index (χ3n) is 3.00. The summed E-state index contributed by atoms with van der Waals surface area (Å²) in [5, 5.41) is -7.16. The normalized spacial score (nSPS) is 15.0. The van der Waals surface area contributed by atoms with Crippen molar-refractivity contribution in [2.45, 2.75) is 35.1 Å². The minimum absolute atomic E-state index is 0.0521. The van der Waals surface area contributed by atoms with E-state index in [4.69, 9.17) is 0 Å². The summed E-state index contributed by atoms with van der Waals surface area (Å²) in [6.07, 6.45) is -7.26. The fourth-order valence-corrected chi connectivity index (χ4v) is 4.41. The fraction of sp³-hybridized carbons (Fsp3) is 0.455. The lowest BCUT2D eigenvalue weighted by Gasteiger charge is -2.32. The zero-order chi connectivity index (χ0) is 21.7. The van der Waals surface area contributed by atoms with Crippen molar-refractivity contribution in [3.63, 3.8) is 0 Å². The maximum Gasteiger partial charge on any atom is 0.460 e. The molecule has 1 rings (SSSR count). The molecule has 0 saturated carbocycles. The van der Waals surface area contributed by atoms with Gasteiger partial charge in [0.05, 0.1) is 4.90 Å². The van der Waals surface area contributed by atoms with Crippen molar-refractivity contribution in [1.82, 2.24) is 4.13 Å². The molecule has 27 heavy (non-hydrogen) atoms. The molecule has 0 radical (unpaired) electrons. The Morgan fingerprint density at radius 2 is 1.15 bits per heavy atom. The van der Waals surface area contributed by atoms with Crippen LogP contribution < -0.4 is 4.13 Å². The lowest BCUT2D eigenvalue weighted by Crippen LogP contribution is -2.65. The second-order valence-corrected chi connectivity index (χ2v) is 8.73. The summed E-state index contributed by atoms with van der Waals surface area (Å²) in [7, 11) is -12.8. The number of alkyl halides is 9. The highest BCUT2D eigenvalue weighted by Gasteiger charge is 2.85. The van der Waals surface area contributed by atoms with Crippen molar-refractivity contribution >= 4 is 20.0 Å². The Balaban J connectivity index is 3.42. The highest BCUT2D eigenvalue weighted by atomic mass is 32.3. The molecule has 0 aliphatic heterocycles. The van der Waals surface area contributed by atoms with E-state index in [1.54, 1.807) is 0 Å². The van der Waals surface area contributed by atoms with E-state index in [9.17, 15) is 56.3 Å². The molecule has 0 fully saturated rings. The van der Waals surface area contributed by atoms with Gasteiger partial charge < -0.3 is 0 Å². The summed E-state index contributed by atoms with van der Waals surface area (Å²) in [6, 6.07) is 3.36. The van der Waals surface area contributed by atoms with Gasteiger partial charge >= 0.3 is 23.3 Å². The molecule has 0 unspecified atom stereocenters. The topological polar surface area (TPSA) is 80.3 Å². The smallest absolute Gasteiger partial charge is 0.206 e. The van der Waals surface area contributed by atoms with Crippen molar-refractivity contribution < 1.29 is 56.3 Å². The molecule has 0 saturated heterocycles. The van der Waals surface area contributed by atoms with E-state index in [2.05, 4.69) is 0 Å². The van der Waals surface area contributed by atoms with Crippen molar-refractivity contribution in [1.29, 1.82) is 0 Å². The van der Waals surface area contributed by atoms with Crippen LogP contribution in [0.2, 0.25) is 0 Å². The van der Waals surface area contributed by atoms with Gasteiger partial charge in [-0.05, 0) is 19.1 Å². The quantitative estimate of drug-likeness (QED) is 0.672. The molecular weight excluding hydrogens is 445 g/mol. The molecule has 0 bridgehead atoms. The fourth-order valence-electron chi connectivity index (χ4n) is 1.49. The van der Waals surface area contributed by atoms with Crippen molar-refractivity contribution in [2.75, 3.05) is 0 Å². The molecule has 0 amide bonds. The summed E-state index contributed by atoms with van der Waals surface area (Å²) >= 11 is 0. The lowest BCUT2D eigenvalue weighted by molar-refractivity contribution is -0.382. The highest BCUT2D eigenvalue weighted by Crippen LogP contribution is 2.54. The molecule has 0 atom stereocenters. The highest BCUT2D eigenvalue weighted by molar-refractivity contribution is 8.05. The van der Waals surface area contributed by atoms with Gasteiger partial charge in [0.2, 0.25) is 0 Å². The van der Waals surface area contributed by atoms with E-state index in [0.717, 1.165) is 12.1 Å². The van der Waals surface area contributed by atoms with Crippen LogP contribution in [-0.2, 0) is 20.0 Å². The van der Waals surface area contributed by atoms with Gasteiger partial charge in [0.25, 0.3) is 20.0 Å². The molecule has 1 aromatic rings. The first-order valence-electron chi connectivity index (χ1n) is 6.26. The number of hydrogen-bond donors (Lipinski definition) is 1. The van der Waals surface area contributed by atoms with E-state index in [0.29, 0.717) is 17.7 Å². The van der Waals surface area contributed by atoms with Gasteiger partial charge in [0.1, 0.15) is 0 Å². The van der Waals surface area contributed by atoms with Gasteiger partial charge in [-0.2, -0.15) is 39.5 Å². The third-order valence-corrected chi connectivity index (χ3v) is 6.58. The van der Waals surface area contributed by atoms with E-state index in [1.807, 2.05) is 0 Å². The van der Waals surface area contributed by atoms with Crippen molar-refractivity contribution in [3.8, 4) is 0 Å². The zero-order valence-corrected chi connectivity index (χ0v) is 14.3. The molecule has 0 aliphatic carbocycles. The average Bonchev–Trinajstić information content (AvgIpc) is 2.44. The standard InChI is InChI=1S/C11H8F9NO4S2/c1-6-2-4-7(5-3-6)26(22,23)21-27(24,25)11(19,20)9(14,15)8(12,13)10(16,17)18/h2-5,21H,1H3. The SMILES string of the molecule is Cc1ccc(S(=O)(=O)NS(=O)(=O)C(F)(F)C(F)(F)C(F)(F)C(F)(F)F)cc1. The van der Waals surface area contributed by atoms with E-state index in [1.165, 1.54) is 6.92 Å². The van der Waals surface area contributed by atoms with Crippen LogP contribution in [0.25, 0.3) is 0 Å². The first-order chi connectivity index (χ1) is 11.7. The van der Waals surface area contributed by atoms with Gasteiger partial charge in [-0.15, -0.1) is 0 Å². The molecule has 0 aliphatic rings. The number of benzene rings is 1. The molecule has 0 heterocycles. The maximum absolute atomic E-state index is 13.5. The molecule has 16 heteroatoms. The van der Waals surface area contributed by atoms with Crippen LogP contribution in [0.4, 0.5) is 39.5 Å². The lowest BCUT2D eigenvalue weighted by atomic mass is 10.1. The Hall–Kier alpha value is -1.55. The summed E-state index contributed by atoms with van der Waals surface area (Å²) in [4.78, 5) is -1.06. The number of nitrogens with one attached hydrogen (secondary N) is 1. The van der Waals surface area contributed by atoms with Gasteiger partial charge in [0.15, 0.2) is 0 Å². The summed E-state index contributed by atoms with van der Waals surface area (Å²) in [6.45, 7) is 1.43. The van der Waals surface area contributed by atoms with Gasteiger partial charge in [-0.25, -0.2) is 16.8 Å².